The van der Waals surface area contributed by atoms with Gasteiger partial charge in [-0.05, 0) is 38.3 Å². The van der Waals surface area contributed by atoms with Crippen LogP contribution in [0.2, 0.25) is 0 Å². The van der Waals surface area contributed by atoms with E-state index in [1.54, 1.807) is 6.07 Å². The number of nitrogens with zero attached hydrogens (tertiary/aromatic N) is 1. The van der Waals surface area contributed by atoms with Crippen molar-refractivity contribution in [2.24, 2.45) is 0 Å². The Labute approximate surface area is 134 Å². The third-order valence-corrected chi connectivity index (χ3v) is 4.53. The largest absolute Gasteiger partial charge is 0.413 e. The average molecular weight is 317 g/mol. The molecule has 0 aromatic heterocycles. The maximum Gasteiger partial charge on any atom is 0.312 e. The maximum absolute atomic E-state index is 11.2. The van der Waals surface area contributed by atoms with Crippen molar-refractivity contribution in [1.29, 1.82) is 0 Å². The summed E-state index contributed by atoms with van der Waals surface area (Å²) in [5.41, 5.74) is 4.26. The molecule has 2 aromatic carbocycles. The molecule has 0 radical (unpaired) electrons. The Hall–Kier alpha value is -2.01. The van der Waals surface area contributed by atoms with Gasteiger partial charge in [-0.15, -0.1) is 0 Å². The highest BCUT2D eigenvalue weighted by Gasteiger charge is 2.19. The molecule has 2 rings (SSSR count). The Morgan fingerprint density at radius 3 is 2.36 bits per heavy atom. The lowest BCUT2D eigenvalue weighted by Gasteiger charge is -2.12. The minimum Gasteiger partial charge on any atom is -0.413 e. The standard InChI is InChI=1S/C17H19NO3S/c1-5-14-7-6-8-15(18(19)20)16(14)21-22-17-12(3)9-11(2)10-13(17)4/h6-10H,5H2,1-4H3. The summed E-state index contributed by atoms with van der Waals surface area (Å²) in [5, 5.41) is 11.2. The fraction of sp³-hybridized carbons (Fsp3) is 0.294. The lowest BCUT2D eigenvalue weighted by molar-refractivity contribution is -0.385. The number of hydrogen-bond donors (Lipinski definition) is 0. The third-order valence-electron chi connectivity index (χ3n) is 3.47. The number of aryl methyl sites for hydroxylation is 4. The third kappa shape index (κ3) is 3.42. The number of para-hydroxylation sites is 1. The van der Waals surface area contributed by atoms with Crippen LogP contribution in [0.3, 0.4) is 0 Å². The van der Waals surface area contributed by atoms with Crippen LogP contribution in [-0.2, 0) is 6.42 Å². The van der Waals surface area contributed by atoms with E-state index in [0.717, 1.165) is 21.6 Å². The molecule has 5 heteroatoms. The van der Waals surface area contributed by atoms with Gasteiger partial charge in [0.05, 0.1) is 21.9 Å². The van der Waals surface area contributed by atoms with Crippen LogP contribution in [0.25, 0.3) is 0 Å². The Bertz CT molecular complexity index is 690. The molecule has 0 aliphatic rings. The number of nitro groups is 1. The van der Waals surface area contributed by atoms with Crippen LogP contribution in [0, 0.1) is 30.9 Å². The molecule has 0 unspecified atom stereocenters. The number of hydrogen-bond acceptors (Lipinski definition) is 4. The van der Waals surface area contributed by atoms with Gasteiger partial charge in [0, 0.05) is 11.6 Å². The number of nitro benzene ring substituents is 1. The summed E-state index contributed by atoms with van der Waals surface area (Å²) in [7, 11) is 0. The molecule has 0 amide bonds. The first-order chi connectivity index (χ1) is 10.4. The number of rotatable bonds is 5. The molecule has 0 atom stereocenters. The van der Waals surface area contributed by atoms with Crippen LogP contribution in [0.1, 0.15) is 29.2 Å². The molecular formula is C17H19NO3S. The van der Waals surface area contributed by atoms with Crippen LogP contribution in [-0.4, -0.2) is 4.92 Å². The van der Waals surface area contributed by atoms with Crippen LogP contribution < -0.4 is 4.18 Å². The van der Waals surface area contributed by atoms with Gasteiger partial charge in [-0.25, -0.2) is 0 Å². The second-order valence-corrected chi connectivity index (χ2v) is 6.01. The molecule has 0 N–H and O–H groups in total. The van der Waals surface area contributed by atoms with Gasteiger partial charge in [-0.3, -0.25) is 10.1 Å². The average Bonchev–Trinajstić information content (AvgIpc) is 2.45. The van der Waals surface area contributed by atoms with Crippen molar-refractivity contribution in [2.75, 3.05) is 0 Å². The first-order valence-corrected chi connectivity index (χ1v) is 7.86. The van der Waals surface area contributed by atoms with Crippen LogP contribution in [0.4, 0.5) is 5.69 Å². The molecule has 2 aromatic rings. The van der Waals surface area contributed by atoms with Gasteiger partial charge in [0.25, 0.3) is 0 Å². The van der Waals surface area contributed by atoms with Gasteiger partial charge < -0.3 is 4.18 Å². The summed E-state index contributed by atoms with van der Waals surface area (Å²) in [6.45, 7) is 8.04. The molecule has 0 fully saturated rings. The van der Waals surface area contributed by atoms with Crippen LogP contribution >= 0.6 is 12.0 Å². The lowest BCUT2D eigenvalue weighted by Crippen LogP contribution is -1.97. The fourth-order valence-electron chi connectivity index (χ4n) is 2.47. The molecule has 116 valence electrons. The molecule has 0 aliphatic heterocycles. The van der Waals surface area contributed by atoms with E-state index in [1.165, 1.54) is 23.7 Å². The van der Waals surface area contributed by atoms with E-state index >= 15 is 0 Å². The molecule has 0 heterocycles. The summed E-state index contributed by atoms with van der Waals surface area (Å²) in [4.78, 5) is 11.8. The van der Waals surface area contributed by atoms with Crippen molar-refractivity contribution in [3.05, 3.63) is 62.7 Å². The van der Waals surface area contributed by atoms with E-state index in [2.05, 4.69) is 12.1 Å². The van der Waals surface area contributed by atoms with Crippen LogP contribution in [0.5, 0.6) is 5.75 Å². The molecule has 0 bridgehead atoms. The van der Waals surface area contributed by atoms with E-state index in [-0.39, 0.29) is 5.69 Å². The molecular weight excluding hydrogens is 298 g/mol. The van der Waals surface area contributed by atoms with Gasteiger partial charge in [0.1, 0.15) is 0 Å². The molecule has 0 saturated heterocycles. The fourth-order valence-corrected chi connectivity index (χ4v) is 3.21. The Kier molecular flexibility index (Phi) is 5.08. The quantitative estimate of drug-likeness (QED) is 0.434. The number of benzene rings is 2. The predicted octanol–water partition coefficient (Wildman–Crippen LogP) is 5.17. The van der Waals surface area contributed by atoms with E-state index in [1.807, 2.05) is 33.8 Å². The maximum atomic E-state index is 11.2. The zero-order valence-electron chi connectivity index (χ0n) is 13.2. The molecule has 0 saturated carbocycles. The highest BCUT2D eigenvalue weighted by atomic mass is 32.2. The SMILES string of the molecule is CCc1cccc([N+](=O)[O-])c1OSc1c(C)cc(C)cc1C. The topological polar surface area (TPSA) is 52.4 Å². The second-order valence-electron chi connectivity index (χ2n) is 5.27. The Morgan fingerprint density at radius 1 is 1.18 bits per heavy atom. The minimum atomic E-state index is -0.399. The lowest BCUT2D eigenvalue weighted by atomic mass is 10.1. The highest BCUT2D eigenvalue weighted by Crippen LogP contribution is 2.37. The van der Waals surface area contributed by atoms with Gasteiger partial charge in [0.2, 0.25) is 5.75 Å². The van der Waals surface area contributed by atoms with Crippen LogP contribution in [0.15, 0.2) is 35.2 Å². The van der Waals surface area contributed by atoms with Crippen molar-refractivity contribution in [3.63, 3.8) is 0 Å². The van der Waals surface area contributed by atoms with Crippen molar-refractivity contribution < 1.29 is 9.11 Å². The first kappa shape index (κ1) is 16.4. The monoisotopic (exact) mass is 317 g/mol. The minimum absolute atomic E-state index is 0.00858. The Morgan fingerprint density at radius 2 is 1.82 bits per heavy atom. The second kappa shape index (κ2) is 6.83. The summed E-state index contributed by atoms with van der Waals surface area (Å²) in [5.74, 6) is 0.347. The van der Waals surface area contributed by atoms with Gasteiger partial charge in [0.15, 0.2) is 0 Å². The zero-order valence-corrected chi connectivity index (χ0v) is 14.0. The summed E-state index contributed by atoms with van der Waals surface area (Å²) >= 11 is 1.19. The molecule has 0 spiro atoms. The van der Waals surface area contributed by atoms with E-state index in [4.69, 9.17) is 4.18 Å². The van der Waals surface area contributed by atoms with Crippen molar-refractivity contribution in [2.45, 2.75) is 39.0 Å². The van der Waals surface area contributed by atoms with Crippen molar-refractivity contribution in [1.82, 2.24) is 0 Å². The molecule has 0 aliphatic carbocycles. The summed E-state index contributed by atoms with van der Waals surface area (Å²) in [6, 6.07) is 9.19. The normalized spacial score (nSPS) is 10.5. The van der Waals surface area contributed by atoms with E-state index < -0.39 is 4.92 Å². The highest BCUT2D eigenvalue weighted by molar-refractivity contribution is 7.95. The van der Waals surface area contributed by atoms with Crippen molar-refractivity contribution >= 4 is 17.7 Å². The Balaban J connectivity index is 2.35. The van der Waals surface area contributed by atoms with E-state index in [0.29, 0.717) is 12.2 Å². The van der Waals surface area contributed by atoms with E-state index in [9.17, 15) is 10.1 Å². The first-order valence-electron chi connectivity index (χ1n) is 7.12. The van der Waals surface area contributed by atoms with Gasteiger partial charge in [-0.2, -0.15) is 0 Å². The smallest absolute Gasteiger partial charge is 0.312 e. The van der Waals surface area contributed by atoms with Crippen molar-refractivity contribution in [3.8, 4) is 5.75 Å². The van der Waals surface area contributed by atoms with Gasteiger partial charge >= 0.3 is 5.69 Å². The predicted molar refractivity (Wildman–Crippen MR) is 89.6 cm³/mol. The van der Waals surface area contributed by atoms with Gasteiger partial charge in [-0.1, -0.05) is 36.8 Å². The molecule has 22 heavy (non-hydrogen) atoms. The summed E-state index contributed by atoms with van der Waals surface area (Å²) in [6.07, 6.45) is 0.684. The summed E-state index contributed by atoms with van der Waals surface area (Å²) < 4.78 is 5.78. The molecule has 4 nitrogen and oxygen atoms in total. The zero-order chi connectivity index (χ0) is 16.3.